The minimum absolute atomic E-state index is 0.00848. The number of aromatic amines is 1. The van der Waals surface area contributed by atoms with Crippen LogP contribution in [0.2, 0.25) is 0 Å². The Hall–Kier alpha value is -6.97. The highest BCUT2D eigenvalue weighted by molar-refractivity contribution is 7.13. The number of carbonyl (C=O) groups is 5. The second-order valence-electron chi connectivity index (χ2n) is 19.7. The molecule has 0 aliphatic carbocycles. The molecule has 3 aromatic carbocycles. The summed E-state index contributed by atoms with van der Waals surface area (Å²) in [5, 5.41) is 21.4. The Morgan fingerprint density at radius 1 is 0.904 bits per heavy atom. The van der Waals surface area contributed by atoms with Gasteiger partial charge in [0.25, 0.3) is 11.8 Å². The van der Waals surface area contributed by atoms with Crippen molar-refractivity contribution >= 4 is 52.2 Å². The zero-order valence-electron chi connectivity index (χ0n) is 41.4. The molecule has 2 saturated heterocycles. The smallest absolute Gasteiger partial charge is 0.391 e. The number of hydrogen-bond acceptors (Lipinski definition) is 11. The number of nitrogens with one attached hydrogen (secondary N) is 5. The zero-order valence-corrected chi connectivity index (χ0v) is 42.3. The van der Waals surface area contributed by atoms with Gasteiger partial charge >= 0.3 is 6.18 Å². The van der Waals surface area contributed by atoms with E-state index in [0.717, 1.165) is 27.8 Å². The topological polar surface area (TPSA) is 209 Å². The van der Waals surface area contributed by atoms with Crippen molar-refractivity contribution in [3.63, 3.8) is 0 Å². The quantitative estimate of drug-likeness (QED) is 0.0681. The summed E-state index contributed by atoms with van der Waals surface area (Å²) in [4.78, 5) is 92.5. The van der Waals surface area contributed by atoms with Crippen LogP contribution in [0.4, 0.5) is 28.9 Å². The number of aliphatic hydroxyl groups is 1. The number of aromatic nitrogens is 2. The molecule has 0 saturated carbocycles. The van der Waals surface area contributed by atoms with Crippen LogP contribution in [0.5, 0.6) is 0 Å². The van der Waals surface area contributed by atoms with E-state index in [9.17, 15) is 47.0 Å². The average Bonchev–Trinajstić information content (AvgIpc) is 3.95. The second-order valence-corrected chi connectivity index (χ2v) is 20.6. The summed E-state index contributed by atoms with van der Waals surface area (Å²) in [6, 6.07) is 14.3. The summed E-state index contributed by atoms with van der Waals surface area (Å²) in [7, 11) is 1.97. The van der Waals surface area contributed by atoms with E-state index in [4.69, 9.17) is 0 Å². The number of rotatable bonds is 14. The van der Waals surface area contributed by atoms with Crippen molar-refractivity contribution in [1.29, 1.82) is 0 Å². The number of β-amino-alcohol motifs (C(OH)–C–C–N with tert-alkyl or cyclic N) is 1. The van der Waals surface area contributed by atoms with Crippen LogP contribution >= 0.6 is 11.3 Å². The van der Waals surface area contributed by atoms with E-state index in [0.29, 0.717) is 31.0 Å². The van der Waals surface area contributed by atoms with Gasteiger partial charge in [-0.05, 0) is 74.2 Å². The van der Waals surface area contributed by atoms with Crippen LogP contribution in [0.15, 0.2) is 83.2 Å². The van der Waals surface area contributed by atoms with Crippen LogP contribution in [-0.2, 0) is 27.1 Å². The molecule has 5 aromatic rings. The summed E-state index contributed by atoms with van der Waals surface area (Å²) < 4.78 is 57.9. The Balaban J connectivity index is 0.987. The largest absolute Gasteiger partial charge is 0.417 e. The molecular weight excluding hydrogens is 971 g/mol. The van der Waals surface area contributed by atoms with Gasteiger partial charge in [0.15, 0.2) is 0 Å². The van der Waals surface area contributed by atoms with Gasteiger partial charge in [0.2, 0.25) is 23.3 Å². The zero-order chi connectivity index (χ0) is 53.1. The van der Waals surface area contributed by atoms with Gasteiger partial charge in [-0.2, -0.15) is 13.2 Å². The summed E-state index contributed by atoms with van der Waals surface area (Å²) in [5.74, 6) is -4.30. The van der Waals surface area contributed by atoms with Crippen molar-refractivity contribution < 1.29 is 46.6 Å². The predicted octanol–water partition coefficient (Wildman–Crippen LogP) is 6.34. The summed E-state index contributed by atoms with van der Waals surface area (Å²) >= 11 is 1.53. The first-order chi connectivity index (χ1) is 34.4. The van der Waals surface area contributed by atoms with Crippen molar-refractivity contribution in [1.82, 2.24) is 35.7 Å². The number of likely N-dealkylation sites (N-methyl/N-ethyl adjacent to an activating group) is 1. The predicted molar refractivity (Wildman–Crippen MR) is 269 cm³/mol. The van der Waals surface area contributed by atoms with Gasteiger partial charge in [-0.25, -0.2) is 9.37 Å². The van der Waals surface area contributed by atoms with Crippen molar-refractivity contribution in [3.8, 4) is 21.6 Å². The Kier molecular flexibility index (Phi) is 16.2. The molecule has 2 fully saturated rings. The number of anilines is 2. The van der Waals surface area contributed by atoms with Crippen LogP contribution in [-0.4, -0.2) is 118 Å². The standard InChI is InChI=1S/C52H59F4N9O7S/c1-28-24-64(25-29(2)63(28)7)41-15-13-33(19-40(41)61-48(70)37-23-58-44(68)21-38(37)52(54,55)56)36-14-12-34(18-39(36)53)47(69)57-17-16-43(67)62-46(51(4,5)6)50(72)65-26-35(66)20-42(65)49(71)59-22-31-8-10-32(11-9-31)45-30(3)60-27-73-45/h8-15,18-19,21,23,27-29,35,42,46,66H,16-17,20,22,24-26H2,1-7H3,(H,57,69)(H,58,68)(H,59,71)(H,61,70)(H,62,67)/t28-,29+,35-,42+,46-/m1/s1. The average molecular weight is 1030 g/mol. The van der Waals surface area contributed by atoms with Gasteiger partial charge in [-0.15, -0.1) is 11.3 Å². The minimum atomic E-state index is -5.02. The van der Waals surface area contributed by atoms with E-state index in [1.165, 1.54) is 34.4 Å². The molecule has 2 aliphatic rings. The molecule has 16 nitrogen and oxygen atoms in total. The second kappa shape index (κ2) is 22.0. The van der Waals surface area contributed by atoms with Crippen LogP contribution < -0.4 is 31.7 Å². The van der Waals surface area contributed by atoms with Gasteiger partial charge < -0.3 is 41.2 Å². The Bertz CT molecular complexity index is 2930. The van der Waals surface area contributed by atoms with E-state index in [2.05, 4.69) is 36.1 Å². The molecule has 2 aromatic heterocycles. The molecule has 7 rings (SSSR count). The van der Waals surface area contributed by atoms with Gasteiger partial charge in [0.05, 0.1) is 44.7 Å². The first-order valence-corrected chi connectivity index (χ1v) is 24.6. The number of halogens is 4. The lowest BCUT2D eigenvalue weighted by molar-refractivity contribution is -0.144. The first-order valence-electron chi connectivity index (χ1n) is 23.7. The molecular formula is C52H59F4N9O7S. The third-order valence-corrected chi connectivity index (χ3v) is 14.3. The number of likely N-dealkylation sites (tertiary alicyclic amines) is 1. The fourth-order valence-corrected chi connectivity index (χ4v) is 9.87. The molecule has 0 radical (unpaired) electrons. The van der Waals surface area contributed by atoms with Gasteiger partial charge in [0, 0.05) is 81.0 Å². The third kappa shape index (κ3) is 12.6. The minimum Gasteiger partial charge on any atom is -0.391 e. The van der Waals surface area contributed by atoms with E-state index >= 15 is 4.39 Å². The number of aliphatic hydroxyl groups excluding tert-OH is 1. The number of aryl methyl sites for hydroxylation is 1. The summed E-state index contributed by atoms with van der Waals surface area (Å²) in [6.07, 6.45) is -5.55. The molecule has 388 valence electrons. The monoisotopic (exact) mass is 1030 g/mol. The number of alkyl halides is 3. The molecule has 2 aliphatic heterocycles. The van der Waals surface area contributed by atoms with E-state index in [1.807, 2.05) is 57.0 Å². The Morgan fingerprint density at radius 2 is 1.59 bits per heavy atom. The maximum absolute atomic E-state index is 16.0. The maximum atomic E-state index is 16.0. The van der Waals surface area contributed by atoms with Crippen molar-refractivity contribution in [2.75, 3.05) is 43.4 Å². The SMILES string of the molecule is Cc1ncsc1-c1ccc(CNC(=O)[C@@H]2C[C@@H](O)CN2C(=O)[C@@H](NC(=O)CCNC(=O)c2ccc(-c3ccc(N4C[C@@H](C)N(C)[C@@H](C)C4)c(NC(=O)c4c[nH]c(=O)cc4C(F)(F)F)c3)c(F)c2)C(C)(C)C)cc1. The molecule has 21 heteroatoms. The molecule has 73 heavy (non-hydrogen) atoms. The van der Waals surface area contributed by atoms with Crippen molar-refractivity contribution in [2.24, 2.45) is 5.41 Å². The van der Waals surface area contributed by atoms with Gasteiger partial charge in [-0.1, -0.05) is 57.2 Å². The highest BCUT2D eigenvalue weighted by Crippen LogP contribution is 2.37. The number of amides is 5. The fraction of sp³-hybridized carbons (Fsp3) is 0.404. The van der Waals surface area contributed by atoms with Crippen LogP contribution in [0.25, 0.3) is 21.6 Å². The highest BCUT2D eigenvalue weighted by Gasteiger charge is 2.44. The number of pyridine rings is 1. The maximum Gasteiger partial charge on any atom is 0.417 e. The van der Waals surface area contributed by atoms with E-state index in [-0.39, 0.29) is 66.9 Å². The van der Waals surface area contributed by atoms with Crippen molar-refractivity contribution in [2.45, 2.75) is 97.4 Å². The fourth-order valence-electron chi connectivity index (χ4n) is 9.06. The normalized spacial score (nSPS) is 18.8. The number of H-pyrrole nitrogens is 1. The van der Waals surface area contributed by atoms with Crippen molar-refractivity contribution in [3.05, 3.63) is 123 Å². The molecule has 0 bridgehead atoms. The molecule has 5 atom stereocenters. The number of hydrogen-bond donors (Lipinski definition) is 6. The number of thiazole rings is 1. The third-order valence-electron chi connectivity index (χ3n) is 13.3. The first kappa shape index (κ1) is 53.8. The van der Waals surface area contributed by atoms with E-state index < -0.39 is 81.8 Å². The molecule has 4 heterocycles. The number of benzene rings is 3. The molecule has 0 unspecified atom stereocenters. The van der Waals surface area contributed by atoms with Gasteiger partial charge in [0.1, 0.15) is 17.9 Å². The molecule has 6 N–H and O–H groups in total. The molecule has 5 amide bonds. The summed E-state index contributed by atoms with van der Waals surface area (Å²) in [6.45, 7) is 12.1. The van der Waals surface area contributed by atoms with Crippen LogP contribution in [0.1, 0.15) is 85.0 Å². The van der Waals surface area contributed by atoms with Crippen LogP contribution in [0, 0.1) is 18.2 Å². The highest BCUT2D eigenvalue weighted by atomic mass is 32.1. The number of piperazine rings is 1. The number of nitrogens with zero attached hydrogens (tertiary/aromatic N) is 4. The number of carbonyl (C=O) groups excluding carboxylic acids is 5. The summed E-state index contributed by atoms with van der Waals surface area (Å²) in [5.41, 5.74) is 1.12. The lowest BCUT2D eigenvalue weighted by Crippen LogP contribution is -2.57. The van der Waals surface area contributed by atoms with E-state index in [1.54, 1.807) is 38.4 Å². The Morgan fingerprint density at radius 3 is 2.22 bits per heavy atom. The lowest BCUT2D eigenvalue weighted by Gasteiger charge is -2.44. The van der Waals surface area contributed by atoms with Crippen LogP contribution in [0.3, 0.4) is 0 Å². The lowest BCUT2D eigenvalue weighted by atomic mass is 9.85. The Labute approximate surface area is 423 Å². The molecule has 0 spiro atoms. The van der Waals surface area contributed by atoms with Gasteiger partial charge in [-0.3, -0.25) is 33.7 Å².